The number of halogens is 1. The molecule has 7 heteroatoms. The number of nitrogens with zero attached hydrogens (tertiary/aromatic N) is 1. The zero-order valence-electron chi connectivity index (χ0n) is 14.6. The lowest BCUT2D eigenvalue weighted by Crippen LogP contribution is -2.52. The molecule has 134 valence electrons. The zero-order chi connectivity index (χ0) is 17.0. The molecule has 1 unspecified atom stereocenters. The first-order valence-corrected chi connectivity index (χ1v) is 7.82. The standard InChI is InChI=1S/C17H25N3O3.ClH/c1-11-7-12(2)16(13(3)8-11)19-15(21)9-20(4)17(22)14-10-23-6-5-18-14;/h7-8,14,18H,5-6,9-10H2,1-4H3,(H,19,21);1H. The summed E-state index contributed by atoms with van der Waals surface area (Å²) in [6.07, 6.45) is 0. The summed E-state index contributed by atoms with van der Waals surface area (Å²) in [4.78, 5) is 25.9. The van der Waals surface area contributed by atoms with E-state index in [0.717, 1.165) is 22.4 Å². The van der Waals surface area contributed by atoms with Crippen LogP contribution in [-0.2, 0) is 14.3 Å². The summed E-state index contributed by atoms with van der Waals surface area (Å²) in [5.74, 6) is -0.329. The lowest BCUT2D eigenvalue weighted by atomic mass is 10.1. The van der Waals surface area contributed by atoms with E-state index < -0.39 is 0 Å². The monoisotopic (exact) mass is 355 g/mol. The number of anilines is 1. The van der Waals surface area contributed by atoms with E-state index in [9.17, 15) is 9.59 Å². The van der Waals surface area contributed by atoms with Crippen LogP contribution in [-0.4, -0.2) is 56.1 Å². The van der Waals surface area contributed by atoms with Crippen LogP contribution >= 0.6 is 12.4 Å². The number of nitrogens with one attached hydrogen (secondary N) is 2. The topological polar surface area (TPSA) is 70.7 Å². The first kappa shape index (κ1) is 20.4. The lowest BCUT2D eigenvalue weighted by Gasteiger charge is -2.27. The second-order valence-corrected chi connectivity index (χ2v) is 6.10. The average molecular weight is 356 g/mol. The first-order valence-electron chi connectivity index (χ1n) is 7.82. The van der Waals surface area contributed by atoms with E-state index in [1.165, 1.54) is 4.90 Å². The van der Waals surface area contributed by atoms with Crippen molar-refractivity contribution < 1.29 is 14.3 Å². The molecule has 2 amide bonds. The Labute approximate surface area is 149 Å². The maximum Gasteiger partial charge on any atom is 0.243 e. The van der Waals surface area contributed by atoms with E-state index >= 15 is 0 Å². The molecule has 1 saturated heterocycles. The molecular formula is C17H26ClN3O3. The molecule has 1 aliphatic rings. The summed E-state index contributed by atoms with van der Waals surface area (Å²) >= 11 is 0. The number of hydrogen-bond acceptors (Lipinski definition) is 4. The molecule has 1 heterocycles. The van der Waals surface area contributed by atoms with Gasteiger partial charge in [-0.2, -0.15) is 0 Å². The van der Waals surface area contributed by atoms with Crippen molar-refractivity contribution in [3.8, 4) is 0 Å². The molecule has 2 rings (SSSR count). The molecule has 1 aromatic carbocycles. The van der Waals surface area contributed by atoms with Gasteiger partial charge in [0.1, 0.15) is 6.04 Å². The van der Waals surface area contributed by atoms with Gasteiger partial charge in [-0.1, -0.05) is 17.7 Å². The molecule has 1 aliphatic heterocycles. The van der Waals surface area contributed by atoms with Gasteiger partial charge in [-0.25, -0.2) is 0 Å². The molecule has 0 aliphatic carbocycles. The van der Waals surface area contributed by atoms with Crippen LogP contribution in [0.5, 0.6) is 0 Å². The minimum atomic E-state index is -0.371. The normalized spacial score (nSPS) is 16.9. The third kappa shape index (κ3) is 5.19. The SMILES string of the molecule is Cc1cc(C)c(NC(=O)CN(C)C(=O)C2COCCN2)c(C)c1.Cl. The molecule has 0 spiro atoms. The van der Waals surface area contributed by atoms with E-state index in [0.29, 0.717) is 19.8 Å². The van der Waals surface area contributed by atoms with Crippen molar-refractivity contribution in [2.45, 2.75) is 26.8 Å². The van der Waals surface area contributed by atoms with Gasteiger partial charge in [-0.05, 0) is 31.9 Å². The number of benzene rings is 1. The van der Waals surface area contributed by atoms with Gasteiger partial charge in [-0.3, -0.25) is 9.59 Å². The van der Waals surface area contributed by atoms with Crippen molar-refractivity contribution >= 4 is 29.9 Å². The number of morpholine rings is 1. The predicted molar refractivity (Wildman–Crippen MR) is 96.8 cm³/mol. The van der Waals surface area contributed by atoms with Gasteiger partial charge in [0.25, 0.3) is 0 Å². The fraction of sp³-hybridized carbons (Fsp3) is 0.529. The summed E-state index contributed by atoms with van der Waals surface area (Å²) < 4.78 is 5.29. The Bertz CT molecular complexity index is 578. The van der Waals surface area contributed by atoms with E-state index in [1.807, 2.05) is 32.9 Å². The van der Waals surface area contributed by atoms with Crippen LogP contribution in [0.3, 0.4) is 0 Å². The number of likely N-dealkylation sites (N-methyl/N-ethyl adjacent to an activating group) is 1. The van der Waals surface area contributed by atoms with Crippen molar-refractivity contribution in [1.29, 1.82) is 0 Å². The Morgan fingerprint density at radius 1 is 1.29 bits per heavy atom. The van der Waals surface area contributed by atoms with E-state index in [4.69, 9.17) is 4.74 Å². The highest BCUT2D eigenvalue weighted by molar-refractivity contribution is 5.96. The second kappa shape index (κ2) is 9.01. The number of rotatable bonds is 4. The number of amides is 2. The minimum absolute atomic E-state index is 0. The molecule has 1 atom stereocenters. The van der Waals surface area contributed by atoms with Gasteiger partial charge >= 0.3 is 0 Å². The molecule has 6 nitrogen and oxygen atoms in total. The van der Waals surface area contributed by atoms with E-state index in [-0.39, 0.29) is 36.8 Å². The smallest absolute Gasteiger partial charge is 0.243 e. The minimum Gasteiger partial charge on any atom is -0.378 e. The first-order chi connectivity index (χ1) is 10.9. The van der Waals surface area contributed by atoms with Gasteiger partial charge in [0.05, 0.1) is 19.8 Å². The van der Waals surface area contributed by atoms with Crippen molar-refractivity contribution in [2.24, 2.45) is 0 Å². The fourth-order valence-corrected chi connectivity index (χ4v) is 2.84. The lowest BCUT2D eigenvalue weighted by molar-refractivity contribution is -0.137. The van der Waals surface area contributed by atoms with Gasteiger partial charge in [0.2, 0.25) is 11.8 Å². The number of aryl methyl sites for hydroxylation is 3. The van der Waals surface area contributed by atoms with Gasteiger partial charge in [-0.15, -0.1) is 12.4 Å². The Hall–Kier alpha value is -1.63. The summed E-state index contributed by atoms with van der Waals surface area (Å²) in [7, 11) is 1.63. The largest absolute Gasteiger partial charge is 0.378 e. The van der Waals surface area contributed by atoms with Gasteiger partial charge in [0.15, 0.2) is 0 Å². The molecule has 0 bridgehead atoms. The van der Waals surface area contributed by atoms with Crippen LogP contribution in [0.2, 0.25) is 0 Å². The Morgan fingerprint density at radius 3 is 2.46 bits per heavy atom. The Balaban J connectivity index is 0.00000288. The molecule has 2 N–H and O–H groups in total. The van der Waals surface area contributed by atoms with Crippen molar-refractivity contribution in [3.63, 3.8) is 0 Å². The molecule has 0 radical (unpaired) electrons. The summed E-state index contributed by atoms with van der Waals surface area (Å²) in [5, 5.41) is 6.01. The molecule has 1 fully saturated rings. The molecule has 0 aromatic heterocycles. The predicted octanol–water partition coefficient (Wildman–Crippen LogP) is 1.42. The number of carbonyl (C=O) groups is 2. The van der Waals surface area contributed by atoms with Crippen LogP contribution in [0.25, 0.3) is 0 Å². The highest BCUT2D eigenvalue weighted by Gasteiger charge is 2.25. The maximum atomic E-state index is 12.3. The van der Waals surface area contributed by atoms with Gasteiger partial charge in [0, 0.05) is 19.3 Å². The number of ether oxygens (including phenoxy) is 1. The molecular weight excluding hydrogens is 330 g/mol. The van der Waals surface area contributed by atoms with Crippen molar-refractivity contribution in [2.75, 3.05) is 38.7 Å². The molecule has 0 saturated carbocycles. The highest BCUT2D eigenvalue weighted by atomic mass is 35.5. The molecule has 24 heavy (non-hydrogen) atoms. The number of hydrogen-bond donors (Lipinski definition) is 2. The van der Waals surface area contributed by atoms with E-state index in [2.05, 4.69) is 10.6 Å². The van der Waals surface area contributed by atoms with Gasteiger partial charge < -0.3 is 20.3 Å². The van der Waals surface area contributed by atoms with Crippen molar-refractivity contribution in [1.82, 2.24) is 10.2 Å². The zero-order valence-corrected chi connectivity index (χ0v) is 15.5. The van der Waals surface area contributed by atoms with Crippen LogP contribution in [0.15, 0.2) is 12.1 Å². The van der Waals surface area contributed by atoms with Crippen LogP contribution in [0.4, 0.5) is 5.69 Å². The van der Waals surface area contributed by atoms with Crippen LogP contribution < -0.4 is 10.6 Å². The molecule has 1 aromatic rings. The quantitative estimate of drug-likeness (QED) is 0.857. The maximum absolute atomic E-state index is 12.3. The van der Waals surface area contributed by atoms with Crippen LogP contribution in [0, 0.1) is 20.8 Å². The average Bonchev–Trinajstić information content (AvgIpc) is 2.51. The van der Waals surface area contributed by atoms with E-state index in [1.54, 1.807) is 7.05 Å². The second-order valence-electron chi connectivity index (χ2n) is 6.10. The summed E-state index contributed by atoms with van der Waals surface area (Å²) in [6, 6.07) is 3.69. The number of carbonyl (C=O) groups excluding carboxylic acids is 2. The summed E-state index contributed by atoms with van der Waals surface area (Å²) in [5.41, 5.74) is 4.02. The third-order valence-corrected chi connectivity index (χ3v) is 3.92. The Morgan fingerprint density at radius 2 is 1.92 bits per heavy atom. The Kier molecular flexibility index (Phi) is 7.66. The highest BCUT2D eigenvalue weighted by Crippen LogP contribution is 2.21. The van der Waals surface area contributed by atoms with Crippen molar-refractivity contribution in [3.05, 3.63) is 28.8 Å². The summed E-state index contributed by atoms with van der Waals surface area (Å²) in [6.45, 7) is 7.59. The third-order valence-electron chi connectivity index (χ3n) is 3.92. The fourth-order valence-electron chi connectivity index (χ4n) is 2.84. The van der Waals surface area contributed by atoms with Crippen LogP contribution in [0.1, 0.15) is 16.7 Å².